The van der Waals surface area contributed by atoms with Crippen LogP contribution in [0.25, 0.3) is 0 Å². The first kappa shape index (κ1) is 23.1. The summed E-state index contributed by atoms with van der Waals surface area (Å²) in [7, 11) is 5.68. The summed E-state index contributed by atoms with van der Waals surface area (Å²) in [6.07, 6.45) is 0.371. The number of nitrogens with zero attached hydrogens (tertiary/aromatic N) is 1. The van der Waals surface area contributed by atoms with Crippen molar-refractivity contribution in [1.29, 1.82) is 0 Å². The Kier molecular flexibility index (Phi) is 9.07. The summed E-state index contributed by atoms with van der Waals surface area (Å²) in [6, 6.07) is 2.36. The fourth-order valence-corrected chi connectivity index (χ4v) is 2.63. The van der Waals surface area contributed by atoms with Crippen LogP contribution in [0.4, 0.5) is 0 Å². The highest BCUT2D eigenvalue weighted by atomic mass is 16.5. The van der Waals surface area contributed by atoms with E-state index < -0.39 is 17.9 Å². The fraction of sp³-hybridized carbons (Fsp3) is 0.526. The van der Waals surface area contributed by atoms with E-state index in [0.29, 0.717) is 22.8 Å². The SMILES string of the molecule is COC(=O)[C@H](Cc1cc(OC)c(OC)c(OC)c1)NC(=O)C(CC(C)C)=NO. The first-order valence-corrected chi connectivity index (χ1v) is 8.69. The van der Waals surface area contributed by atoms with Crippen LogP contribution >= 0.6 is 0 Å². The molecule has 1 atom stereocenters. The predicted molar refractivity (Wildman–Crippen MR) is 102 cm³/mol. The maximum atomic E-state index is 12.4. The van der Waals surface area contributed by atoms with Gasteiger partial charge < -0.3 is 29.5 Å². The highest BCUT2D eigenvalue weighted by molar-refractivity contribution is 6.39. The number of carbonyl (C=O) groups excluding carboxylic acids is 2. The number of carbonyl (C=O) groups is 2. The predicted octanol–water partition coefficient (Wildman–Crippen LogP) is 1.79. The van der Waals surface area contributed by atoms with E-state index in [0.717, 1.165) is 0 Å². The van der Waals surface area contributed by atoms with Gasteiger partial charge in [0.25, 0.3) is 5.91 Å². The first-order valence-electron chi connectivity index (χ1n) is 8.69. The molecule has 0 aliphatic rings. The summed E-state index contributed by atoms with van der Waals surface area (Å²) < 4.78 is 20.7. The average molecular weight is 396 g/mol. The van der Waals surface area contributed by atoms with Gasteiger partial charge in [0.05, 0.1) is 28.4 Å². The molecule has 9 heteroatoms. The van der Waals surface area contributed by atoms with Crippen molar-refractivity contribution in [3.63, 3.8) is 0 Å². The Morgan fingerprint density at radius 1 is 1.07 bits per heavy atom. The molecule has 1 rings (SSSR count). The zero-order valence-electron chi connectivity index (χ0n) is 17.1. The molecule has 1 amide bonds. The van der Waals surface area contributed by atoms with Crippen LogP contribution < -0.4 is 19.5 Å². The van der Waals surface area contributed by atoms with Crippen LogP contribution in [0.2, 0.25) is 0 Å². The van der Waals surface area contributed by atoms with Crippen molar-refractivity contribution in [3.8, 4) is 17.2 Å². The van der Waals surface area contributed by atoms with Crippen LogP contribution in [0.5, 0.6) is 17.2 Å². The molecule has 0 aromatic heterocycles. The molecule has 0 aliphatic heterocycles. The zero-order chi connectivity index (χ0) is 21.3. The van der Waals surface area contributed by atoms with Crippen molar-refractivity contribution in [1.82, 2.24) is 5.32 Å². The Balaban J connectivity index is 3.14. The Morgan fingerprint density at radius 3 is 2.04 bits per heavy atom. The molecule has 156 valence electrons. The molecule has 0 heterocycles. The van der Waals surface area contributed by atoms with Gasteiger partial charge in [-0.1, -0.05) is 19.0 Å². The average Bonchev–Trinajstić information content (AvgIpc) is 2.69. The minimum Gasteiger partial charge on any atom is -0.493 e. The highest BCUT2D eigenvalue weighted by Gasteiger charge is 2.26. The van der Waals surface area contributed by atoms with E-state index in [2.05, 4.69) is 10.5 Å². The van der Waals surface area contributed by atoms with E-state index in [1.165, 1.54) is 28.4 Å². The molecule has 1 aromatic rings. The Hall–Kier alpha value is -2.97. The van der Waals surface area contributed by atoms with Crippen LogP contribution in [0.15, 0.2) is 17.3 Å². The summed E-state index contributed by atoms with van der Waals surface area (Å²) in [6.45, 7) is 3.76. The molecule has 2 N–H and O–H groups in total. The molecule has 0 unspecified atom stereocenters. The van der Waals surface area contributed by atoms with E-state index in [-0.39, 0.29) is 24.5 Å². The number of nitrogens with one attached hydrogen (secondary N) is 1. The second kappa shape index (κ2) is 11.0. The van der Waals surface area contributed by atoms with Crippen LogP contribution in [-0.2, 0) is 20.7 Å². The molecule has 0 aliphatic carbocycles. The molecule has 28 heavy (non-hydrogen) atoms. The third-order valence-corrected chi connectivity index (χ3v) is 3.94. The molecule has 0 spiro atoms. The van der Waals surface area contributed by atoms with Gasteiger partial charge in [0.1, 0.15) is 11.8 Å². The number of ether oxygens (including phenoxy) is 4. The van der Waals surface area contributed by atoms with Gasteiger partial charge in [-0.15, -0.1) is 0 Å². The molecule has 0 saturated carbocycles. The molecule has 0 fully saturated rings. The number of methoxy groups -OCH3 is 4. The number of esters is 1. The molecule has 9 nitrogen and oxygen atoms in total. The quantitative estimate of drug-likeness (QED) is 0.268. The fourth-order valence-electron chi connectivity index (χ4n) is 2.63. The first-order chi connectivity index (χ1) is 13.3. The summed E-state index contributed by atoms with van der Waals surface area (Å²) in [4.78, 5) is 24.6. The van der Waals surface area contributed by atoms with Crippen LogP contribution in [0.1, 0.15) is 25.8 Å². The number of oxime groups is 1. The van der Waals surface area contributed by atoms with Crippen molar-refractivity contribution in [2.45, 2.75) is 32.7 Å². The molecule has 1 aromatic carbocycles. The van der Waals surface area contributed by atoms with E-state index >= 15 is 0 Å². The molecular formula is C19H28N2O7. The minimum absolute atomic E-state index is 0.0613. The Bertz CT molecular complexity index is 691. The number of amides is 1. The standard InChI is InChI=1S/C19H28N2O7/c1-11(2)7-13(21-24)18(22)20-14(19(23)28-6)8-12-9-15(25-3)17(27-5)16(10-12)26-4/h9-11,14,24H,7-8H2,1-6H3,(H,20,22)/t14-/m0/s1. The van der Waals surface area contributed by atoms with Gasteiger partial charge >= 0.3 is 5.97 Å². The van der Waals surface area contributed by atoms with Crippen LogP contribution in [0.3, 0.4) is 0 Å². The van der Waals surface area contributed by atoms with Crippen molar-refractivity contribution in [3.05, 3.63) is 17.7 Å². The molecule has 0 bridgehead atoms. The molecule has 0 radical (unpaired) electrons. The molecular weight excluding hydrogens is 368 g/mol. The third kappa shape index (κ3) is 6.04. The van der Waals surface area contributed by atoms with Gasteiger partial charge in [0.15, 0.2) is 11.5 Å². The largest absolute Gasteiger partial charge is 0.493 e. The van der Waals surface area contributed by atoms with Crippen molar-refractivity contribution >= 4 is 17.6 Å². The topological polar surface area (TPSA) is 116 Å². The Morgan fingerprint density at radius 2 is 1.64 bits per heavy atom. The van der Waals surface area contributed by atoms with Gasteiger partial charge in [-0.3, -0.25) is 4.79 Å². The van der Waals surface area contributed by atoms with E-state index in [1.807, 2.05) is 13.8 Å². The Labute approximate surface area is 164 Å². The molecule has 0 saturated heterocycles. The number of benzene rings is 1. The van der Waals surface area contributed by atoms with Gasteiger partial charge in [0, 0.05) is 12.8 Å². The summed E-state index contributed by atoms with van der Waals surface area (Å²) in [5.74, 6) is 0.0822. The lowest BCUT2D eigenvalue weighted by Crippen LogP contribution is -2.46. The van der Waals surface area contributed by atoms with Gasteiger partial charge in [0.2, 0.25) is 5.75 Å². The van der Waals surface area contributed by atoms with Gasteiger partial charge in [-0.2, -0.15) is 0 Å². The maximum absolute atomic E-state index is 12.4. The lowest BCUT2D eigenvalue weighted by Gasteiger charge is -2.19. The van der Waals surface area contributed by atoms with Gasteiger partial charge in [-0.05, 0) is 23.6 Å². The third-order valence-electron chi connectivity index (χ3n) is 3.94. The van der Waals surface area contributed by atoms with Crippen molar-refractivity contribution in [2.75, 3.05) is 28.4 Å². The maximum Gasteiger partial charge on any atom is 0.328 e. The van der Waals surface area contributed by atoms with Crippen molar-refractivity contribution in [2.24, 2.45) is 11.1 Å². The zero-order valence-corrected chi connectivity index (χ0v) is 17.1. The van der Waals surface area contributed by atoms with Crippen molar-refractivity contribution < 1.29 is 33.7 Å². The second-order valence-corrected chi connectivity index (χ2v) is 6.43. The van der Waals surface area contributed by atoms with E-state index in [4.69, 9.17) is 24.2 Å². The smallest absolute Gasteiger partial charge is 0.328 e. The number of hydrogen-bond donors (Lipinski definition) is 2. The van der Waals surface area contributed by atoms with E-state index in [1.54, 1.807) is 12.1 Å². The highest BCUT2D eigenvalue weighted by Crippen LogP contribution is 2.38. The number of hydrogen-bond acceptors (Lipinski definition) is 8. The lowest BCUT2D eigenvalue weighted by molar-refractivity contribution is -0.144. The van der Waals surface area contributed by atoms with Crippen LogP contribution in [-0.4, -0.2) is 57.3 Å². The van der Waals surface area contributed by atoms with Gasteiger partial charge in [-0.25, -0.2) is 4.79 Å². The summed E-state index contributed by atoms with van der Waals surface area (Å²) in [5, 5.41) is 14.7. The van der Waals surface area contributed by atoms with E-state index in [9.17, 15) is 9.59 Å². The monoisotopic (exact) mass is 396 g/mol. The normalized spacial score (nSPS) is 12.3. The minimum atomic E-state index is -0.996. The lowest BCUT2D eigenvalue weighted by atomic mass is 10.0. The number of rotatable bonds is 10. The summed E-state index contributed by atoms with van der Waals surface area (Å²) >= 11 is 0. The summed E-state index contributed by atoms with van der Waals surface area (Å²) in [5.41, 5.74) is 0.588. The van der Waals surface area contributed by atoms with Crippen LogP contribution in [0, 0.1) is 5.92 Å². The second-order valence-electron chi connectivity index (χ2n) is 6.43.